The van der Waals surface area contributed by atoms with Crippen molar-refractivity contribution in [2.75, 3.05) is 26.2 Å². The van der Waals surface area contributed by atoms with Gasteiger partial charge in [0.2, 0.25) is 10.0 Å². The number of benzene rings is 3. The predicted octanol–water partition coefficient (Wildman–Crippen LogP) is 4.99. The minimum atomic E-state index is -3.74. The Hall–Kier alpha value is -2.06. The predicted molar refractivity (Wildman–Crippen MR) is 124 cm³/mol. The number of halogens is 2. The lowest BCUT2D eigenvalue weighted by atomic mass is 9.96. The smallest absolute Gasteiger partial charge is 0.243 e. The first-order chi connectivity index (χ1) is 14.9. The third kappa shape index (κ3) is 4.75. The molecule has 0 aliphatic carbocycles. The van der Waals surface area contributed by atoms with E-state index < -0.39 is 15.8 Å². The van der Waals surface area contributed by atoms with Crippen LogP contribution in [0.15, 0.2) is 82.2 Å². The molecule has 0 aromatic heterocycles. The van der Waals surface area contributed by atoms with Crippen molar-refractivity contribution in [3.05, 3.63) is 99.8 Å². The Morgan fingerprint density at radius 2 is 1.48 bits per heavy atom. The van der Waals surface area contributed by atoms with E-state index in [1.165, 1.54) is 22.0 Å². The van der Waals surface area contributed by atoms with Crippen LogP contribution in [0, 0.1) is 12.7 Å². The highest BCUT2D eigenvalue weighted by atomic mass is 79.9. The molecule has 3 aromatic rings. The summed E-state index contributed by atoms with van der Waals surface area (Å²) in [5.74, 6) is -0.540. The molecular weight excluding hydrogens is 479 g/mol. The highest BCUT2D eigenvalue weighted by Gasteiger charge is 2.33. The summed E-state index contributed by atoms with van der Waals surface area (Å²) in [6.45, 7) is 3.59. The van der Waals surface area contributed by atoms with Crippen LogP contribution >= 0.6 is 15.9 Å². The Kier molecular flexibility index (Phi) is 6.57. The van der Waals surface area contributed by atoms with Crippen LogP contribution in [0.3, 0.4) is 0 Å². The molecule has 1 aliphatic heterocycles. The largest absolute Gasteiger partial charge is 0.290 e. The Morgan fingerprint density at radius 1 is 0.871 bits per heavy atom. The Labute approximate surface area is 191 Å². The number of sulfonamides is 1. The molecule has 1 aliphatic rings. The van der Waals surface area contributed by atoms with Crippen LogP contribution in [0.4, 0.5) is 4.39 Å². The van der Waals surface area contributed by atoms with Gasteiger partial charge < -0.3 is 0 Å². The van der Waals surface area contributed by atoms with E-state index in [1.54, 1.807) is 6.92 Å². The summed E-state index contributed by atoms with van der Waals surface area (Å²) in [4.78, 5) is 2.36. The quantitative estimate of drug-likeness (QED) is 0.493. The average molecular weight is 503 g/mol. The minimum Gasteiger partial charge on any atom is -0.290 e. The van der Waals surface area contributed by atoms with Crippen molar-refractivity contribution in [2.45, 2.75) is 17.9 Å². The van der Waals surface area contributed by atoms with Gasteiger partial charge in [-0.2, -0.15) is 4.31 Å². The molecule has 1 heterocycles. The van der Waals surface area contributed by atoms with Crippen molar-refractivity contribution >= 4 is 26.0 Å². The van der Waals surface area contributed by atoms with Gasteiger partial charge in [0.15, 0.2) is 0 Å². The Bertz CT molecular complexity index is 1150. The summed E-state index contributed by atoms with van der Waals surface area (Å²) in [6.07, 6.45) is 0. The van der Waals surface area contributed by atoms with E-state index in [1.807, 2.05) is 30.3 Å². The Morgan fingerprint density at radius 3 is 2.13 bits per heavy atom. The molecule has 4 rings (SSSR count). The fourth-order valence-electron chi connectivity index (χ4n) is 4.09. The number of piperazine rings is 1. The molecule has 0 radical (unpaired) electrons. The van der Waals surface area contributed by atoms with Gasteiger partial charge in [-0.1, -0.05) is 64.5 Å². The van der Waals surface area contributed by atoms with E-state index in [2.05, 4.69) is 45.1 Å². The monoisotopic (exact) mass is 502 g/mol. The second kappa shape index (κ2) is 9.20. The summed E-state index contributed by atoms with van der Waals surface area (Å²) in [5.41, 5.74) is 2.88. The second-order valence-electron chi connectivity index (χ2n) is 7.71. The summed E-state index contributed by atoms with van der Waals surface area (Å²) in [5, 5.41) is 0. The van der Waals surface area contributed by atoms with Crippen molar-refractivity contribution in [3.8, 4) is 0 Å². The molecule has 0 saturated carbocycles. The van der Waals surface area contributed by atoms with E-state index in [0.29, 0.717) is 31.7 Å². The van der Waals surface area contributed by atoms with E-state index in [0.717, 1.165) is 16.1 Å². The summed E-state index contributed by atoms with van der Waals surface area (Å²) >= 11 is 3.50. The third-order valence-electron chi connectivity index (χ3n) is 5.71. The maximum atomic E-state index is 13.7. The van der Waals surface area contributed by atoms with Crippen molar-refractivity contribution in [1.82, 2.24) is 9.21 Å². The number of hydrogen-bond acceptors (Lipinski definition) is 3. The molecule has 0 bridgehead atoms. The molecule has 1 fully saturated rings. The van der Waals surface area contributed by atoms with Gasteiger partial charge in [0.05, 0.1) is 10.9 Å². The number of nitrogens with zero attached hydrogens (tertiary/aromatic N) is 2. The molecule has 1 saturated heterocycles. The van der Waals surface area contributed by atoms with E-state index in [4.69, 9.17) is 0 Å². The molecular formula is C24H24BrFN2O2S. The first-order valence-corrected chi connectivity index (χ1v) is 12.4. The highest BCUT2D eigenvalue weighted by Crippen LogP contribution is 2.31. The molecule has 0 spiro atoms. The molecule has 3 aromatic carbocycles. The fraction of sp³-hybridized carbons (Fsp3) is 0.250. The summed E-state index contributed by atoms with van der Waals surface area (Å²) in [7, 11) is -3.74. The van der Waals surface area contributed by atoms with Crippen LogP contribution in [-0.2, 0) is 10.0 Å². The minimum absolute atomic E-state index is 0.0371. The molecule has 0 amide bonds. The topological polar surface area (TPSA) is 40.6 Å². The zero-order valence-electron chi connectivity index (χ0n) is 17.2. The lowest BCUT2D eigenvalue weighted by Gasteiger charge is -2.39. The van der Waals surface area contributed by atoms with Crippen molar-refractivity contribution in [3.63, 3.8) is 0 Å². The van der Waals surface area contributed by atoms with Gasteiger partial charge in [-0.05, 0) is 47.9 Å². The summed E-state index contributed by atoms with van der Waals surface area (Å²) < 4.78 is 42.5. The molecule has 31 heavy (non-hydrogen) atoms. The van der Waals surface area contributed by atoms with E-state index >= 15 is 0 Å². The van der Waals surface area contributed by atoms with Gasteiger partial charge in [0, 0.05) is 30.7 Å². The zero-order valence-corrected chi connectivity index (χ0v) is 19.6. The van der Waals surface area contributed by atoms with Crippen molar-refractivity contribution < 1.29 is 12.8 Å². The SMILES string of the molecule is Cc1ccc(F)cc1S(=O)(=O)N1CCN([C@@H](c2ccccc2)c2ccc(Br)cc2)CC1. The van der Waals surface area contributed by atoms with Gasteiger partial charge in [0.1, 0.15) is 5.82 Å². The molecule has 7 heteroatoms. The van der Waals surface area contributed by atoms with Crippen molar-refractivity contribution in [2.24, 2.45) is 0 Å². The Balaban J connectivity index is 1.58. The number of hydrogen-bond donors (Lipinski definition) is 0. The van der Waals surface area contributed by atoms with Gasteiger partial charge in [0.25, 0.3) is 0 Å². The van der Waals surface area contributed by atoms with Crippen LogP contribution in [0.5, 0.6) is 0 Å². The molecule has 162 valence electrons. The fourth-order valence-corrected chi connectivity index (χ4v) is 6.01. The molecule has 4 nitrogen and oxygen atoms in total. The molecule has 0 N–H and O–H groups in total. The van der Waals surface area contributed by atoms with Crippen LogP contribution in [-0.4, -0.2) is 43.8 Å². The lowest BCUT2D eigenvalue weighted by Crippen LogP contribution is -2.49. The summed E-state index contributed by atoms with van der Waals surface area (Å²) in [6, 6.07) is 22.4. The van der Waals surface area contributed by atoms with E-state index in [-0.39, 0.29) is 10.9 Å². The zero-order chi connectivity index (χ0) is 22.0. The third-order valence-corrected chi connectivity index (χ3v) is 8.28. The van der Waals surface area contributed by atoms with Crippen molar-refractivity contribution in [1.29, 1.82) is 0 Å². The first kappa shape index (κ1) is 22.1. The van der Waals surface area contributed by atoms with Crippen LogP contribution in [0.25, 0.3) is 0 Å². The maximum Gasteiger partial charge on any atom is 0.243 e. The van der Waals surface area contributed by atoms with Gasteiger partial charge in [-0.3, -0.25) is 4.90 Å². The average Bonchev–Trinajstić information content (AvgIpc) is 2.78. The van der Waals surface area contributed by atoms with Crippen LogP contribution < -0.4 is 0 Å². The van der Waals surface area contributed by atoms with Gasteiger partial charge in [-0.25, -0.2) is 12.8 Å². The molecule has 0 unspecified atom stereocenters. The van der Waals surface area contributed by atoms with Gasteiger partial charge >= 0.3 is 0 Å². The lowest BCUT2D eigenvalue weighted by molar-refractivity contribution is 0.155. The van der Waals surface area contributed by atoms with Gasteiger partial charge in [-0.15, -0.1) is 0 Å². The van der Waals surface area contributed by atoms with E-state index in [9.17, 15) is 12.8 Å². The normalized spacial score (nSPS) is 16.9. The maximum absolute atomic E-state index is 13.7. The second-order valence-corrected chi connectivity index (χ2v) is 10.5. The number of aryl methyl sites for hydroxylation is 1. The standard InChI is InChI=1S/C24H24BrFN2O2S/c1-18-7-12-22(26)17-23(18)31(29,30)28-15-13-27(14-16-28)24(19-5-3-2-4-6-19)20-8-10-21(25)11-9-20/h2-12,17,24H,13-16H2,1H3/t24-/m0/s1. The first-order valence-electron chi connectivity index (χ1n) is 10.2. The van der Waals surface area contributed by atoms with Crippen LogP contribution in [0.1, 0.15) is 22.7 Å². The highest BCUT2D eigenvalue weighted by molar-refractivity contribution is 9.10. The molecule has 1 atom stereocenters. The van der Waals surface area contributed by atoms with Crippen LogP contribution in [0.2, 0.25) is 0 Å². The number of rotatable bonds is 5.